The second-order valence-electron chi connectivity index (χ2n) is 3.95. The second-order valence-corrected chi connectivity index (χ2v) is 4.39. The molecule has 2 rings (SSSR count). The molecular formula is C12H13ClN2O. The van der Waals surface area contributed by atoms with Crippen molar-refractivity contribution in [2.75, 3.05) is 0 Å². The number of halogens is 1. The summed E-state index contributed by atoms with van der Waals surface area (Å²) in [5, 5.41) is 4.75. The van der Waals surface area contributed by atoms with Crippen LogP contribution in [0.2, 0.25) is 5.02 Å². The highest BCUT2D eigenvalue weighted by molar-refractivity contribution is 6.30. The molecule has 0 aromatic heterocycles. The van der Waals surface area contributed by atoms with Gasteiger partial charge in [-0.15, -0.1) is 0 Å². The van der Waals surface area contributed by atoms with Gasteiger partial charge in [0.25, 0.3) is 0 Å². The fourth-order valence-electron chi connectivity index (χ4n) is 1.33. The van der Waals surface area contributed by atoms with Crippen LogP contribution >= 0.6 is 11.6 Å². The van der Waals surface area contributed by atoms with E-state index in [9.17, 15) is 4.79 Å². The molecule has 16 heavy (non-hydrogen) atoms. The molecule has 84 valence electrons. The predicted molar refractivity (Wildman–Crippen MR) is 64.5 cm³/mol. The normalized spacial score (nSPS) is 16.0. The van der Waals surface area contributed by atoms with E-state index in [1.807, 2.05) is 19.1 Å². The molecule has 1 aliphatic carbocycles. The summed E-state index contributed by atoms with van der Waals surface area (Å²) in [6.07, 6.45) is 1.97. The zero-order valence-electron chi connectivity index (χ0n) is 9.03. The summed E-state index contributed by atoms with van der Waals surface area (Å²) in [5.74, 6) is 0.204. The van der Waals surface area contributed by atoms with Gasteiger partial charge in [0.2, 0.25) is 5.91 Å². The van der Waals surface area contributed by atoms with Gasteiger partial charge in [0, 0.05) is 10.9 Å². The quantitative estimate of drug-likeness (QED) is 0.636. The summed E-state index contributed by atoms with van der Waals surface area (Å²) < 4.78 is 0. The van der Waals surface area contributed by atoms with E-state index in [2.05, 4.69) is 10.5 Å². The zero-order chi connectivity index (χ0) is 11.5. The first kappa shape index (κ1) is 11.1. The number of nitrogens with zero attached hydrogens (tertiary/aromatic N) is 1. The first-order chi connectivity index (χ1) is 7.66. The fourth-order valence-corrected chi connectivity index (χ4v) is 1.46. The summed E-state index contributed by atoms with van der Waals surface area (Å²) in [6.45, 7) is 1.86. The van der Waals surface area contributed by atoms with Gasteiger partial charge >= 0.3 is 0 Å². The van der Waals surface area contributed by atoms with Crippen LogP contribution in [-0.4, -0.2) is 11.6 Å². The Kier molecular flexibility index (Phi) is 3.25. The van der Waals surface area contributed by atoms with Crippen molar-refractivity contribution in [3.05, 3.63) is 34.9 Å². The van der Waals surface area contributed by atoms with Crippen LogP contribution in [0.3, 0.4) is 0 Å². The minimum atomic E-state index is 0.0216. The first-order valence-corrected chi connectivity index (χ1v) is 5.64. The third kappa shape index (κ3) is 2.83. The molecule has 1 saturated carbocycles. The number of nitrogens with one attached hydrogen (secondary N) is 1. The summed E-state index contributed by atoms with van der Waals surface area (Å²) in [6, 6.07) is 7.37. The standard InChI is InChI=1S/C12H13ClN2O/c1-8(9-4-6-11(13)7-5-9)14-15-12(16)10-2-3-10/h4-7,10H,2-3H2,1H3,(H,15,16). The van der Waals surface area contributed by atoms with Gasteiger partial charge < -0.3 is 0 Å². The molecule has 0 atom stereocenters. The average molecular weight is 237 g/mol. The van der Waals surface area contributed by atoms with E-state index in [1.54, 1.807) is 12.1 Å². The molecule has 1 aliphatic rings. The molecule has 1 aromatic rings. The van der Waals surface area contributed by atoms with Crippen LogP contribution in [0.25, 0.3) is 0 Å². The van der Waals surface area contributed by atoms with E-state index in [0.717, 1.165) is 24.1 Å². The van der Waals surface area contributed by atoms with Crippen molar-refractivity contribution in [3.8, 4) is 0 Å². The molecule has 3 nitrogen and oxygen atoms in total. The lowest BCUT2D eigenvalue weighted by Gasteiger charge is -2.02. The third-order valence-corrected chi connectivity index (χ3v) is 2.80. The molecule has 4 heteroatoms. The maximum Gasteiger partial charge on any atom is 0.243 e. The number of hydrogen-bond acceptors (Lipinski definition) is 2. The molecule has 1 N–H and O–H groups in total. The lowest BCUT2D eigenvalue weighted by atomic mass is 10.1. The Bertz CT molecular complexity index is 421. The summed E-state index contributed by atoms with van der Waals surface area (Å²) in [7, 11) is 0. The highest BCUT2D eigenvalue weighted by Crippen LogP contribution is 2.28. The number of carbonyl (C=O) groups excluding carboxylic acids is 1. The number of rotatable bonds is 3. The van der Waals surface area contributed by atoms with E-state index in [4.69, 9.17) is 11.6 Å². The van der Waals surface area contributed by atoms with Crippen molar-refractivity contribution in [3.63, 3.8) is 0 Å². The lowest BCUT2D eigenvalue weighted by Crippen LogP contribution is -2.20. The SMILES string of the molecule is CC(=NNC(=O)C1CC1)c1ccc(Cl)cc1. The third-order valence-electron chi connectivity index (χ3n) is 2.54. The second kappa shape index (κ2) is 4.66. The van der Waals surface area contributed by atoms with Gasteiger partial charge in [-0.1, -0.05) is 23.7 Å². The maximum absolute atomic E-state index is 11.4. The highest BCUT2D eigenvalue weighted by atomic mass is 35.5. The van der Waals surface area contributed by atoms with Gasteiger partial charge in [0.15, 0.2) is 0 Å². The number of carbonyl (C=O) groups is 1. The van der Waals surface area contributed by atoms with Gasteiger partial charge in [-0.05, 0) is 37.5 Å². The minimum Gasteiger partial charge on any atom is -0.273 e. The topological polar surface area (TPSA) is 41.5 Å². The van der Waals surface area contributed by atoms with Gasteiger partial charge in [-0.25, -0.2) is 5.43 Å². The van der Waals surface area contributed by atoms with Gasteiger partial charge in [-0.3, -0.25) is 4.79 Å². The van der Waals surface area contributed by atoms with Crippen molar-refractivity contribution in [2.24, 2.45) is 11.0 Å². The zero-order valence-corrected chi connectivity index (χ0v) is 9.79. The Morgan fingerprint density at radius 2 is 2.00 bits per heavy atom. The van der Waals surface area contributed by atoms with E-state index in [0.29, 0.717) is 5.02 Å². The molecule has 0 saturated heterocycles. The number of amides is 1. The Balaban J connectivity index is 2.00. The smallest absolute Gasteiger partial charge is 0.243 e. The molecule has 0 spiro atoms. The van der Waals surface area contributed by atoms with E-state index < -0.39 is 0 Å². The number of hydrazone groups is 1. The van der Waals surface area contributed by atoms with Crippen LogP contribution in [0.5, 0.6) is 0 Å². The molecule has 0 bridgehead atoms. The summed E-state index contributed by atoms with van der Waals surface area (Å²) >= 11 is 5.78. The van der Waals surface area contributed by atoms with Crippen LogP contribution in [0.4, 0.5) is 0 Å². The molecular weight excluding hydrogens is 224 g/mol. The van der Waals surface area contributed by atoms with Crippen LogP contribution in [0.1, 0.15) is 25.3 Å². The highest BCUT2D eigenvalue weighted by Gasteiger charge is 2.29. The lowest BCUT2D eigenvalue weighted by molar-refractivity contribution is -0.122. The first-order valence-electron chi connectivity index (χ1n) is 5.27. The van der Waals surface area contributed by atoms with Gasteiger partial charge in [0.1, 0.15) is 0 Å². The predicted octanol–water partition coefficient (Wildman–Crippen LogP) is 2.59. The van der Waals surface area contributed by atoms with Crippen molar-refractivity contribution in [2.45, 2.75) is 19.8 Å². The van der Waals surface area contributed by atoms with Crippen LogP contribution in [0, 0.1) is 5.92 Å². The van der Waals surface area contributed by atoms with Gasteiger partial charge in [-0.2, -0.15) is 5.10 Å². The molecule has 1 amide bonds. The van der Waals surface area contributed by atoms with Crippen molar-refractivity contribution in [1.82, 2.24) is 5.43 Å². The van der Waals surface area contributed by atoms with E-state index in [1.165, 1.54) is 0 Å². The van der Waals surface area contributed by atoms with Crippen LogP contribution < -0.4 is 5.43 Å². The van der Waals surface area contributed by atoms with Crippen molar-refractivity contribution < 1.29 is 4.79 Å². The molecule has 0 heterocycles. The molecule has 0 unspecified atom stereocenters. The summed E-state index contributed by atoms with van der Waals surface area (Å²) in [5.41, 5.74) is 4.32. The molecule has 0 aliphatic heterocycles. The average Bonchev–Trinajstić information content (AvgIpc) is 3.10. The summed E-state index contributed by atoms with van der Waals surface area (Å²) in [4.78, 5) is 11.4. The maximum atomic E-state index is 11.4. The molecule has 1 aromatic carbocycles. The molecule has 1 fully saturated rings. The largest absolute Gasteiger partial charge is 0.273 e. The van der Waals surface area contributed by atoms with Crippen LogP contribution in [0.15, 0.2) is 29.4 Å². The fraction of sp³-hybridized carbons (Fsp3) is 0.333. The number of hydrogen-bond donors (Lipinski definition) is 1. The van der Waals surface area contributed by atoms with Crippen molar-refractivity contribution in [1.29, 1.82) is 0 Å². The van der Waals surface area contributed by atoms with Crippen LogP contribution in [-0.2, 0) is 4.79 Å². The minimum absolute atomic E-state index is 0.0216. The Hall–Kier alpha value is -1.35. The monoisotopic (exact) mass is 236 g/mol. The van der Waals surface area contributed by atoms with E-state index >= 15 is 0 Å². The van der Waals surface area contributed by atoms with E-state index in [-0.39, 0.29) is 11.8 Å². The Labute approximate surface area is 99.5 Å². The molecule has 0 radical (unpaired) electrons. The Morgan fingerprint density at radius 1 is 1.38 bits per heavy atom. The number of benzene rings is 1. The van der Waals surface area contributed by atoms with Gasteiger partial charge in [0.05, 0.1) is 5.71 Å². The Morgan fingerprint density at radius 3 is 2.56 bits per heavy atom. The van der Waals surface area contributed by atoms with Crippen molar-refractivity contribution >= 4 is 23.2 Å².